The van der Waals surface area contributed by atoms with Crippen molar-refractivity contribution >= 4 is 29.1 Å². The van der Waals surface area contributed by atoms with Gasteiger partial charge < -0.3 is 24.6 Å². The monoisotopic (exact) mass is 445 g/mol. The molecule has 0 radical (unpaired) electrons. The maximum Gasteiger partial charge on any atom is 0.295 e. The van der Waals surface area contributed by atoms with Crippen LogP contribution >= 0.6 is 11.6 Å². The molecule has 3 rings (SSSR count). The first-order valence-corrected chi connectivity index (χ1v) is 10.1. The number of aromatic hydroxyl groups is 1. The van der Waals surface area contributed by atoms with Crippen molar-refractivity contribution in [1.82, 2.24) is 4.90 Å². The molecule has 1 aliphatic heterocycles. The van der Waals surface area contributed by atoms with Gasteiger partial charge in [-0.05, 0) is 49.7 Å². The van der Waals surface area contributed by atoms with Crippen molar-refractivity contribution in [2.24, 2.45) is 0 Å². The minimum Gasteiger partial charge on any atom is -0.508 e. The van der Waals surface area contributed by atoms with Crippen molar-refractivity contribution in [3.05, 3.63) is 64.2 Å². The molecule has 7 nitrogen and oxygen atoms in total. The van der Waals surface area contributed by atoms with Gasteiger partial charge in [-0.25, -0.2) is 0 Å². The number of methoxy groups -OCH3 is 1. The minimum atomic E-state index is -0.885. The Balaban J connectivity index is 2.12. The molecule has 1 heterocycles. The number of aliphatic hydroxyl groups is 1. The lowest BCUT2D eigenvalue weighted by Crippen LogP contribution is -2.33. The number of ketones is 1. The summed E-state index contributed by atoms with van der Waals surface area (Å²) >= 11 is 6.07. The number of Topliss-reactive ketones (excluding diaryl/α,β-unsaturated/α-hetero) is 1. The number of halogens is 1. The van der Waals surface area contributed by atoms with Crippen LogP contribution in [0.4, 0.5) is 0 Å². The second-order valence-electron chi connectivity index (χ2n) is 7.36. The van der Waals surface area contributed by atoms with Crippen LogP contribution in [0.25, 0.3) is 5.76 Å². The van der Waals surface area contributed by atoms with E-state index in [4.69, 9.17) is 21.1 Å². The second kappa shape index (κ2) is 9.41. The van der Waals surface area contributed by atoms with Crippen LogP contribution in [-0.2, 0) is 14.3 Å². The van der Waals surface area contributed by atoms with Gasteiger partial charge in [0.05, 0.1) is 36.5 Å². The van der Waals surface area contributed by atoms with Gasteiger partial charge in [0.1, 0.15) is 17.3 Å². The van der Waals surface area contributed by atoms with Crippen LogP contribution in [0, 0.1) is 0 Å². The van der Waals surface area contributed by atoms with Crippen LogP contribution in [0.5, 0.6) is 11.5 Å². The molecule has 0 saturated carbocycles. The highest BCUT2D eigenvalue weighted by Crippen LogP contribution is 2.40. The number of likely N-dealkylation sites (tertiary alicyclic amines) is 1. The number of ether oxygens (including phenoxy) is 2. The Morgan fingerprint density at radius 1 is 1.19 bits per heavy atom. The maximum absolute atomic E-state index is 12.9. The highest BCUT2D eigenvalue weighted by Gasteiger charge is 2.46. The van der Waals surface area contributed by atoms with Gasteiger partial charge in [-0.15, -0.1) is 0 Å². The molecule has 0 spiro atoms. The Morgan fingerprint density at radius 2 is 1.94 bits per heavy atom. The van der Waals surface area contributed by atoms with E-state index >= 15 is 0 Å². The summed E-state index contributed by atoms with van der Waals surface area (Å²) < 4.78 is 10.7. The van der Waals surface area contributed by atoms with Crippen molar-refractivity contribution in [2.45, 2.75) is 26.0 Å². The van der Waals surface area contributed by atoms with E-state index in [9.17, 15) is 19.8 Å². The van der Waals surface area contributed by atoms with Crippen molar-refractivity contribution < 1.29 is 29.3 Å². The third-order valence-corrected chi connectivity index (χ3v) is 5.25. The normalized spacial score (nSPS) is 18.1. The molecule has 8 heteroatoms. The van der Waals surface area contributed by atoms with Gasteiger partial charge in [-0.1, -0.05) is 23.7 Å². The molecule has 1 atom stereocenters. The molecule has 164 valence electrons. The number of phenols is 1. The first-order valence-electron chi connectivity index (χ1n) is 9.77. The zero-order valence-corrected chi connectivity index (χ0v) is 18.2. The molecule has 1 amide bonds. The molecule has 1 saturated heterocycles. The fourth-order valence-electron chi connectivity index (χ4n) is 3.50. The molecule has 2 aromatic carbocycles. The standard InChI is InChI=1S/C23H24ClNO6/c1-13(2)31-10-9-25-20(14-5-4-6-16(26)11-14)19(22(28)23(25)29)21(27)15-7-8-17(24)18(12-15)30-3/h4-8,11-13,20,26-27H,9-10H2,1-3H3/b21-19-. The minimum absolute atomic E-state index is 0.0188. The Morgan fingerprint density at radius 3 is 2.58 bits per heavy atom. The summed E-state index contributed by atoms with van der Waals surface area (Å²) in [7, 11) is 1.44. The first kappa shape index (κ1) is 22.7. The third-order valence-electron chi connectivity index (χ3n) is 4.93. The average Bonchev–Trinajstić information content (AvgIpc) is 2.98. The Kier molecular flexibility index (Phi) is 6.87. The van der Waals surface area contributed by atoms with Crippen molar-refractivity contribution in [3.63, 3.8) is 0 Å². The summed E-state index contributed by atoms with van der Waals surface area (Å²) in [6.45, 7) is 4.10. The van der Waals surface area contributed by atoms with Crippen LogP contribution < -0.4 is 4.74 Å². The molecule has 0 bridgehead atoms. The van der Waals surface area contributed by atoms with Gasteiger partial charge in [0.25, 0.3) is 11.7 Å². The molecule has 2 aromatic rings. The first-order chi connectivity index (χ1) is 14.7. The van der Waals surface area contributed by atoms with Crippen molar-refractivity contribution in [1.29, 1.82) is 0 Å². The number of phenolic OH excluding ortho intramolecular Hbond substituents is 1. The smallest absolute Gasteiger partial charge is 0.295 e. The summed E-state index contributed by atoms with van der Waals surface area (Å²) in [5, 5.41) is 21.3. The summed E-state index contributed by atoms with van der Waals surface area (Å²) in [6, 6.07) is 9.92. The van der Waals surface area contributed by atoms with Gasteiger partial charge in [-0.3, -0.25) is 9.59 Å². The molecule has 1 fully saturated rings. The van der Waals surface area contributed by atoms with Crippen molar-refractivity contribution in [3.8, 4) is 11.5 Å². The fraction of sp³-hybridized carbons (Fsp3) is 0.304. The number of hydrogen-bond acceptors (Lipinski definition) is 6. The van der Waals surface area contributed by atoms with E-state index in [1.165, 1.54) is 42.3 Å². The number of amides is 1. The summed E-state index contributed by atoms with van der Waals surface area (Å²) in [5.41, 5.74) is 0.693. The number of rotatable bonds is 7. The summed E-state index contributed by atoms with van der Waals surface area (Å²) in [5.74, 6) is -1.62. The SMILES string of the molecule is COc1cc(/C(O)=C2/C(=O)C(=O)N(CCOC(C)C)C2c2cccc(O)c2)ccc1Cl. The van der Waals surface area contributed by atoms with E-state index in [0.717, 1.165) is 0 Å². The molecular formula is C23H24ClNO6. The highest BCUT2D eigenvalue weighted by atomic mass is 35.5. The van der Waals surface area contributed by atoms with Crippen LogP contribution in [-0.4, -0.2) is 53.2 Å². The van der Waals surface area contributed by atoms with Crippen molar-refractivity contribution in [2.75, 3.05) is 20.3 Å². The maximum atomic E-state index is 12.9. The lowest BCUT2D eigenvalue weighted by Gasteiger charge is -2.25. The van der Waals surface area contributed by atoms with E-state index < -0.39 is 17.7 Å². The zero-order valence-electron chi connectivity index (χ0n) is 17.5. The Hall–Kier alpha value is -3.03. The van der Waals surface area contributed by atoms with E-state index in [1.54, 1.807) is 12.1 Å². The number of nitrogens with zero attached hydrogens (tertiary/aromatic N) is 1. The average molecular weight is 446 g/mol. The predicted octanol–water partition coefficient (Wildman–Crippen LogP) is 3.90. The van der Waals surface area contributed by atoms with Crippen LogP contribution in [0.3, 0.4) is 0 Å². The largest absolute Gasteiger partial charge is 0.508 e. The Labute approximate surface area is 185 Å². The lowest BCUT2D eigenvalue weighted by atomic mass is 9.95. The number of benzene rings is 2. The van der Waals surface area contributed by atoms with E-state index in [2.05, 4.69) is 0 Å². The predicted molar refractivity (Wildman–Crippen MR) is 116 cm³/mol. The quantitative estimate of drug-likeness (QED) is 0.381. The van der Waals surface area contributed by atoms with Crippen LogP contribution in [0.1, 0.15) is 31.0 Å². The van der Waals surface area contributed by atoms with Gasteiger partial charge in [0.15, 0.2) is 0 Å². The van der Waals surface area contributed by atoms with Gasteiger partial charge in [0.2, 0.25) is 0 Å². The van der Waals surface area contributed by atoms with Gasteiger partial charge in [-0.2, -0.15) is 0 Å². The highest BCUT2D eigenvalue weighted by molar-refractivity contribution is 6.46. The van der Waals surface area contributed by atoms with Gasteiger partial charge >= 0.3 is 0 Å². The van der Waals surface area contributed by atoms with E-state index in [-0.39, 0.29) is 41.9 Å². The van der Waals surface area contributed by atoms with E-state index in [1.807, 2.05) is 13.8 Å². The topological polar surface area (TPSA) is 96.3 Å². The summed E-state index contributed by atoms with van der Waals surface area (Å²) in [6.07, 6.45) is -0.0439. The molecule has 2 N–H and O–H groups in total. The van der Waals surface area contributed by atoms with Gasteiger partial charge in [0, 0.05) is 12.1 Å². The molecular weight excluding hydrogens is 422 g/mol. The lowest BCUT2D eigenvalue weighted by molar-refractivity contribution is -0.140. The second-order valence-corrected chi connectivity index (χ2v) is 7.76. The molecule has 0 aromatic heterocycles. The fourth-order valence-corrected chi connectivity index (χ4v) is 3.70. The van der Waals surface area contributed by atoms with Crippen LogP contribution in [0.2, 0.25) is 5.02 Å². The zero-order chi connectivity index (χ0) is 22.7. The summed E-state index contributed by atoms with van der Waals surface area (Å²) in [4.78, 5) is 27.1. The number of aliphatic hydroxyl groups excluding tert-OH is 1. The number of carbonyl (C=O) groups excluding carboxylic acids is 2. The van der Waals surface area contributed by atoms with E-state index in [0.29, 0.717) is 16.3 Å². The molecule has 0 aliphatic carbocycles. The molecule has 1 aliphatic rings. The molecule has 1 unspecified atom stereocenters. The molecule has 31 heavy (non-hydrogen) atoms. The van der Waals surface area contributed by atoms with Crippen LogP contribution in [0.15, 0.2) is 48.0 Å². The number of hydrogen-bond donors (Lipinski definition) is 2. The third kappa shape index (κ3) is 4.68. The Bertz CT molecular complexity index is 1030. The number of carbonyl (C=O) groups is 2.